The molecule has 0 bridgehead atoms. The third kappa shape index (κ3) is 2.07. The van der Waals surface area contributed by atoms with Gasteiger partial charge in [-0.05, 0) is 28.1 Å². The Morgan fingerprint density at radius 1 is 0.862 bits per heavy atom. The van der Waals surface area contributed by atoms with E-state index in [2.05, 4.69) is 56.3 Å². The maximum absolute atomic E-state index is 9.33. The number of rotatable bonds is 2. The summed E-state index contributed by atoms with van der Waals surface area (Å²) in [6, 6.07) is 23.0. The van der Waals surface area contributed by atoms with Crippen molar-refractivity contribution in [1.82, 2.24) is 0 Å². The second-order valence-electron chi connectivity index (χ2n) is 8.20. The molecule has 1 aromatic heterocycles. The van der Waals surface area contributed by atoms with E-state index in [1.54, 1.807) is 0 Å². The van der Waals surface area contributed by atoms with E-state index in [1.807, 2.05) is 24.3 Å². The summed E-state index contributed by atoms with van der Waals surface area (Å²) < 4.78 is 12.0. The van der Waals surface area contributed by atoms with Crippen molar-refractivity contribution in [2.24, 2.45) is 0 Å². The SMILES string of the molecule is CC1(C)c2ccccc2-c2ccc3c(oc4cc(OBO)c5ccccc5c43)c21. The van der Waals surface area contributed by atoms with Gasteiger partial charge in [-0.2, -0.15) is 0 Å². The highest BCUT2D eigenvalue weighted by molar-refractivity contribution is 6.23. The molecule has 0 fully saturated rings. The van der Waals surface area contributed by atoms with E-state index in [0.29, 0.717) is 5.75 Å². The maximum Gasteiger partial charge on any atom is 0.504 e. The zero-order valence-electron chi connectivity index (χ0n) is 16.3. The first-order valence-corrected chi connectivity index (χ1v) is 9.86. The lowest BCUT2D eigenvalue weighted by Gasteiger charge is -2.21. The lowest BCUT2D eigenvalue weighted by molar-refractivity contribution is 0.456. The Kier molecular flexibility index (Phi) is 3.25. The first-order valence-electron chi connectivity index (χ1n) is 9.86. The average molecular weight is 378 g/mol. The van der Waals surface area contributed by atoms with Crippen LogP contribution in [0.15, 0.2) is 71.1 Å². The Morgan fingerprint density at radius 3 is 2.45 bits per heavy atom. The fraction of sp³-hybridized carbons (Fsp3) is 0.120. The van der Waals surface area contributed by atoms with E-state index in [1.165, 1.54) is 22.3 Å². The molecule has 0 saturated carbocycles. The summed E-state index contributed by atoms with van der Waals surface area (Å²) in [6.07, 6.45) is 0. The molecule has 0 amide bonds. The van der Waals surface area contributed by atoms with Gasteiger partial charge in [0.1, 0.15) is 16.9 Å². The average Bonchev–Trinajstić information content (AvgIpc) is 3.21. The van der Waals surface area contributed by atoms with Gasteiger partial charge in [-0.25, -0.2) is 0 Å². The molecule has 1 aliphatic carbocycles. The Bertz CT molecular complexity index is 1450. The van der Waals surface area contributed by atoms with Gasteiger partial charge >= 0.3 is 7.69 Å². The highest BCUT2D eigenvalue weighted by Gasteiger charge is 2.38. The van der Waals surface area contributed by atoms with Crippen molar-refractivity contribution in [2.75, 3.05) is 0 Å². The molecule has 4 aromatic carbocycles. The maximum atomic E-state index is 9.33. The van der Waals surface area contributed by atoms with E-state index in [0.717, 1.165) is 32.7 Å². The molecule has 6 rings (SSSR count). The topological polar surface area (TPSA) is 42.6 Å². The fourth-order valence-corrected chi connectivity index (χ4v) is 5.10. The van der Waals surface area contributed by atoms with E-state index < -0.39 is 0 Å². The third-order valence-electron chi connectivity index (χ3n) is 6.35. The predicted octanol–water partition coefficient (Wildman–Crippen LogP) is 5.68. The first-order chi connectivity index (χ1) is 14.1. The van der Waals surface area contributed by atoms with Gasteiger partial charge in [-0.15, -0.1) is 0 Å². The van der Waals surface area contributed by atoms with Crippen molar-refractivity contribution in [1.29, 1.82) is 0 Å². The van der Waals surface area contributed by atoms with Crippen molar-refractivity contribution in [3.8, 4) is 16.9 Å². The summed E-state index contributed by atoms with van der Waals surface area (Å²) in [5, 5.41) is 13.6. The summed E-state index contributed by atoms with van der Waals surface area (Å²) >= 11 is 0. The molecule has 1 N–H and O–H groups in total. The van der Waals surface area contributed by atoms with Crippen molar-refractivity contribution in [3.05, 3.63) is 77.9 Å². The molecule has 29 heavy (non-hydrogen) atoms. The molecular formula is C25H19BO3. The molecule has 140 valence electrons. The van der Waals surface area contributed by atoms with E-state index in [-0.39, 0.29) is 13.1 Å². The molecule has 0 atom stereocenters. The number of furan rings is 1. The van der Waals surface area contributed by atoms with Crippen molar-refractivity contribution in [3.63, 3.8) is 0 Å². The Morgan fingerprint density at radius 2 is 1.62 bits per heavy atom. The second kappa shape index (κ2) is 5.65. The number of hydrogen-bond acceptors (Lipinski definition) is 3. The minimum absolute atomic E-state index is 0.139. The minimum Gasteiger partial charge on any atom is -0.538 e. The van der Waals surface area contributed by atoms with Gasteiger partial charge in [0.15, 0.2) is 0 Å². The minimum atomic E-state index is -0.368. The monoisotopic (exact) mass is 378 g/mol. The molecule has 0 saturated heterocycles. The van der Waals surface area contributed by atoms with Gasteiger partial charge in [0, 0.05) is 33.2 Å². The van der Waals surface area contributed by atoms with Gasteiger partial charge < -0.3 is 14.1 Å². The zero-order chi connectivity index (χ0) is 19.8. The molecule has 1 aliphatic rings. The van der Waals surface area contributed by atoms with Gasteiger partial charge in [-0.1, -0.05) is 68.4 Å². The second-order valence-corrected chi connectivity index (χ2v) is 8.20. The van der Waals surface area contributed by atoms with Crippen molar-refractivity contribution >= 4 is 40.4 Å². The van der Waals surface area contributed by atoms with Gasteiger partial charge in [0.2, 0.25) is 0 Å². The fourth-order valence-electron chi connectivity index (χ4n) is 5.10. The largest absolute Gasteiger partial charge is 0.538 e. The standard InChI is InChI=1S/C25H19BO3/c1-25(2)19-10-6-5-7-14(19)17-11-12-18-22-16-9-4-3-8-15(16)20(29-26-27)13-21(22)28-24(18)23(17)25/h3-13,26-27H,1-2H3. The third-order valence-corrected chi connectivity index (χ3v) is 6.35. The Balaban J connectivity index is 1.78. The molecule has 5 aromatic rings. The number of hydrogen-bond donors (Lipinski definition) is 1. The highest BCUT2D eigenvalue weighted by atomic mass is 16.5. The smallest absolute Gasteiger partial charge is 0.504 e. The van der Waals surface area contributed by atoms with Crippen LogP contribution in [0.5, 0.6) is 5.75 Å². The van der Waals surface area contributed by atoms with E-state index >= 15 is 0 Å². The van der Waals surface area contributed by atoms with Gasteiger partial charge in [-0.3, -0.25) is 0 Å². The molecule has 0 radical (unpaired) electrons. The van der Waals surface area contributed by atoms with E-state index in [4.69, 9.17) is 9.07 Å². The quantitative estimate of drug-likeness (QED) is 0.402. The molecule has 1 heterocycles. The lowest BCUT2D eigenvalue weighted by Crippen LogP contribution is -2.15. The van der Waals surface area contributed by atoms with Crippen LogP contribution in [0.4, 0.5) is 0 Å². The first kappa shape index (κ1) is 16.7. The number of fused-ring (bicyclic) bond motifs is 9. The molecule has 3 nitrogen and oxygen atoms in total. The van der Waals surface area contributed by atoms with E-state index in [9.17, 15) is 5.02 Å². The highest BCUT2D eigenvalue weighted by Crippen LogP contribution is 2.53. The van der Waals surface area contributed by atoms with Crippen LogP contribution in [-0.2, 0) is 5.41 Å². The Hall–Kier alpha value is -3.24. The Labute approximate surface area is 168 Å². The zero-order valence-corrected chi connectivity index (χ0v) is 16.3. The van der Waals surface area contributed by atoms with Crippen LogP contribution in [-0.4, -0.2) is 12.7 Å². The number of benzene rings is 4. The van der Waals surface area contributed by atoms with Gasteiger partial charge in [0.25, 0.3) is 0 Å². The summed E-state index contributed by atoms with van der Waals surface area (Å²) in [7, 11) is -0.368. The normalized spacial score (nSPS) is 14.3. The molecular weight excluding hydrogens is 359 g/mol. The summed E-state index contributed by atoms with van der Waals surface area (Å²) in [6.45, 7) is 4.53. The summed E-state index contributed by atoms with van der Waals surface area (Å²) in [4.78, 5) is 0. The van der Waals surface area contributed by atoms with Crippen LogP contribution >= 0.6 is 0 Å². The van der Waals surface area contributed by atoms with Crippen LogP contribution in [0, 0.1) is 0 Å². The summed E-state index contributed by atoms with van der Waals surface area (Å²) in [5.74, 6) is 0.633. The van der Waals surface area contributed by atoms with Crippen LogP contribution in [0.3, 0.4) is 0 Å². The van der Waals surface area contributed by atoms with Crippen LogP contribution in [0.2, 0.25) is 0 Å². The van der Waals surface area contributed by atoms with Crippen LogP contribution in [0.25, 0.3) is 43.8 Å². The van der Waals surface area contributed by atoms with Crippen molar-refractivity contribution in [2.45, 2.75) is 19.3 Å². The van der Waals surface area contributed by atoms with Crippen LogP contribution < -0.4 is 4.65 Å². The van der Waals surface area contributed by atoms with Gasteiger partial charge in [0.05, 0.1) is 0 Å². The molecule has 0 aliphatic heterocycles. The predicted molar refractivity (Wildman–Crippen MR) is 119 cm³/mol. The van der Waals surface area contributed by atoms with Crippen LogP contribution in [0.1, 0.15) is 25.0 Å². The molecule has 0 unspecified atom stereocenters. The lowest BCUT2D eigenvalue weighted by atomic mass is 9.82. The molecule has 0 spiro atoms. The van der Waals surface area contributed by atoms with Crippen molar-refractivity contribution < 1.29 is 14.1 Å². The summed E-state index contributed by atoms with van der Waals surface area (Å²) in [5.41, 5.74) is 6.67. The molecule has 4 heteroatoms.